The number of phenols is 1. The van der Waals surface area contributed by atoms with Gasteiger partial charge in [-0.25, -0.2) is 9.69 Å². The number of methoxy groups -OCH3 is 2. The van der Waals surface area contributed by atoms with E-state index in [1.54, 1.807) is 36.4 Å². The maximum Gasteiger partial charge on any atom is 0.421 e. The zero-order chi connectivity index (χ0) is 54.7. The second-order valence-electron chi connectivity index (χ2n) is 18.9. The Bertz CT molecular complexity index is 3330. The molecule has 6 unspecified atom stereocenters. The van der Waals surface area contributed by atoms with Crippen LogP contribution in [0, 0.1) is 33.8 Å². The second-order valence-corrected chi connectivity index (χ2v) is 18.9. The number of nitrogens with one attached hydrogen (secondary N) is 1. The van der Waals surface area contributed by atoms with Gasteiger partial charge in [0, 0.05) is 48.6 Å². The number of amides is 3. The summed E-state index contributed by atoms with van der Waals surface area (Å²) in [5, 5.41) is 25.3. The highest BCUT2D eigenvalue weighted by Gasteiger charge is 2.76. The number of rotatable bonds is 12. The minimum absolute atomic E-state index is 0.0261. The molecule has 3 amide bonds. The fraction of sp³-hybridized carbons (Fsp3) is 0.254. The maximum absolute atomic E-state index is 16.7. The number of nitrogens with zero attached hydrogens (tertiary/aromatic N) is 4. The first kappa shape index (κ1) is 52.1. The number of non-ortho nitro benzene ring substituents is 1. The van der Waals surface area contributed by atoms with Crippen LogP contribution in [0.2, 0.25) is 0 Å². The lowest BCUT2D eigenvalue weighted by atomic mass is 9.65. The quantitative estimate of drug-likeness (QED) is 0.0302. The molecule has 396 valence electrons. The smallest absolute Gasteiger partial charge is 0.421 e. The van der Waals surface area contributed by atoms with Gasteiger partial charge in [-0.05, 0) is 94.5 Å². The van der Waals surface area contributed by atoms with Crippen molar-refractivity contribution >= 4 is 58.6 Å². The number of benzene rings is 6. The maximum atomic E-state index is 16.7. The van der Waals surface area contributed by atoms with Gasteiger partial charge in [0.05, 0.1) is 56.0 Å². The monoisotopic (exact) mass is 1050 g/mol. The van der Waals surface area contributed by atoms with Gasteiger partial charge >= 0.3 is 24.0 Å². The van der Waals surface area contributed by atoms with Crippen molar-refractivity contribution in [2.24, 2.45) is 11.8 Å². The topological polar surface area (TPSA) is 234 Å². The average Bonchev–Trinajstić information content (AvgIpc) is 2.99. The van der Waals surface area contributed by atoms with E-state index in [-0.39, 0.29) is 34.7 Å². The molecule has 19 nitrogen and oxygen atoms in total. The van der Waals surface area contributed by atoms with Crippen LogP contribution >= 0.6 is 0 Å². The number of nitro groups is 1. The Labute approximate surface area is 447 Å². The van der Waals surface area contributed by atoms with E-state index in [0.717, 1.165) is 24.8 Å². The second kappa shape index (κ2) is 22.1. The van der Waals surface area contributed by atoms with Crippen molar-refractivity contribution in [3.05, 3.63) is 195 Å². The van der Waals surface area contributed by atoms with Crippen LogP contribution in [0.1, 0.15) is 58.0 Å². The standard InChI is InChI=1S/C59H51N5O14/c1-74-54(67)45(55(68)75-2)15-9-10-36-18-29-47-46(34-36)59(57(70)62(47)58(71)77-35-37-16-23-43(24-17-37)64(72)73)48(53(66)60-41-21-25-42(26-22-41)61-30-32-76-33-31-61)50-56(69)78-51(39-13-7-4-8-14-39)49(38-11-5-3-6-12-38)63(50)52(59)40-19-27-44(65)28-20-40/h3-8,11-14,16-29,34,45,48-52,65H,15,30-33,35H2,1-2H3,(H,60,66). The number of esters is 3. The first-order valence-electron chi connectivity index (χ1n) is 25.0. The molecule has 4 aliphatic heterocycles. The summed E-state index contributed by atoms with van der Waals surface area (Å²) in [6, 6.07) is 37.4. The predicted octanol–water partition coefficient (Wildman–Crippen LogP) is 7.48. The van der Waals surface area contributed by atoms with Crippen molar-refractivity contribution in [3.8, 4) is 17.6 Å². The average molecular weight is 1050 g/mol. The summed E-state index contributed by atoms with van der Waals surface area (Å²) >= 11 is 0. The van der Waals surface area contributed by atoms with Gasteiger partial charge in [0.1, 0.15) is 29.9 Å². The van der Waals surface area contributed by atoms with Crippen molar-refractivity contribution in [2.75, 3.05) is 55.6 Å². The number of anilines is 3. The summed E-state index contributed by atoms with van der Waals surface area (Å²) in [7, 11) is 2.25. The molecule has 6 aromatic rings. The molecule has 6 atom stereocenters. The number of hydrogen-bond acceptors (Lipinski definition) is 16. The number of phenolic OH excluding ortho intramolecular Hbond substituents is 1. The van der Waals surface area contributed by atoms with Crippen LogP contribution in [-0.4, -0.2) is 97.3 Å². The van der Waals surface area contributed by atoms with Crippen LogP contribution in [0.25, 0.3) is 0 Å². The van der Waals surface area contributed by atoms with Gasteiger partial charge < -0.3 is 39.0 Å². The lowest BCUT2D eigenvalue weighted by Gasteiger charge is -2.46. The van der Waals surface area contributed by atoms with Crippen molar-refractivity contribution in [2.45, 2.75) is 42.7 Å². The predicted molar refractivity (Wildman–Crippen MR) is 280 cm³/mol. The number of fused-ring (bicyclic) bond motifs is 3. The molecule has 0 aromatic heterocycles. The van der Waals surface area contributed by atoms with Gasteiger partial charge in [0.25, 0.3) is 5.69 Å². The van der Waals surface area contributed by atoms with E-state index in [9.17, 15) is 29.6 Å². The van der Waals surface area contributed by atoms with Crippen molar-refractivity contribution in [1.82, 2.24) is 4.90 Å². The van der Waals surface area contributed by atoms with Crippen LogP contribution in [0.4, 0.5) is 27.5 Å². The molecule has 0 radical (unpaired) electrons. The fourth-order valence-corrected chi connectivity index (χ4v) is 11.1. The summed E-state index contributed by atoms with van der Waals surface area (Å²) in [6.45, 7) is 1.95. The number of aromatic hydroxyl groups is 1. The van der Waals surface area contributed by atoms with Gasteiger partial charge in [-0.3, -0.25) is 39.0 Å². The molecule has 78 heavy (non-hydrogen) atoms. The third-order valence-electron chi connectivity index (χ3n) is 14.7. The molecule has 19 heteroatoms. The number of morpholine rings is 2. The third-order valence-corrected chi connectivity index (χ3v) is 14.7. The van der Waals surface area contributed by atoms with Gasteiger partial charge in [0.15, 0.2) is 5.92 Å². The number of imide groups is 1. The van der Waals surface area contributed by atoms with Gasteiger partial charge in [-0.15, -0.1) is 0 Å². The summed E-state index contributed by atoms with van der Waals surface area (Å²) in [5.41, 5.74) is 0.984. The zero-order valence-electron chi connectivity index (χ0n) is 42.2. The summed E-state index contributed by atoms with van der Waals surface area (Å²) < 4.78 is 27.7. The highest BCUT2D eigenvalue weighted by molar-refractivity contribution is 6.24. The molecule has 0 aliphatic carbocycles. The highest BCUT2D eigenvalue weighted by atomic mass is 16.6. The number of carbonyl (C=O) groups is 6. The van der Waals surface area contributed by atoms with E-state index < -0.39 is 88.8 Å². The van der Waals surface area contributed by atoms with Gasteiger partial charge in [0.2, 0.25) is 11.8 Å². The Morgan fingerprint density at radius 1 is 0.795 bits per heavy atom. The number of ether oxygens (including phenoxy) is 5. The zero-order valence-corrected chi connectivity index (χ0v) is 42.2. The molecule has 2 N–H and O–H groups in total. The third kappa shape index (κ3) is 9.63. The van der Waals surface area contributed by atoms with Crippen LogP contribution in [0.3, 0.4) is 0 Å². The molecule has 0 bridgehead atoms. The summed E-state index contributed by atoms with van der Waals surface area (Å²) in [4.78, 5) is 104. The van der Waals surface area contributed by atoms with Crippen LogP contribution in [-0.2, 0) is 59.7 Å². The summed E-state index contributed by atoms with van der Waals surface area (Å²) in [5.74, 6) is -1.76. The number of carbonyl (C=O) groups excluding carboxylic acids is 6. The normalized spacial score (nSPS) is 21.4. The minimum Gasteiger partial charge on any atom is -0.508 e. The molecule has 10 rings (SSSR count). The lowest BCUT2D eigenvalue weighted by Crippen LogP contribution is -2.54. The molecule has 0 saturated carbocycles. The van der Waals surface area contributed by atoms with E-state index in [2.05, 4.69) is 22.1 Å². The van der Waals surface area contributed by atoms with E-state index >= 15 is 14.4 Å². The van der Waals surface area contributed by atoms with E-state index in [4.69, 9.17) is 23.7 Å². The van der Waals surface area contributed by atoms with Crippen molar-refractivity contribution in [1.29, 1.82) is 0 Å². The van der Waals surface area contributed by atoms with Gasteiger partial charge in [-0.1, -0.05) is 84.6 Å². The molecule has 6 aromatic carbocycles. The fourth-order valence-electron chi connectivity index (χ4n) is 11.1. The van der Waals surface area contributed by atoms with Crippen LogP contribution in [0.15, 0.2) is 152 Å². The Kier molecular flexibility index (Phi) is 14.7. The van der Waals surface area contributed by atoms with Crippen LogP contribution < -0.4 is 15.1 Å². The highest BCUT2D eigenvalue weighted by Crippen LogP contribution is 2.66. The first-order valence-corrected chi connectivity index (χ1v) is 25.0. The molecular weight excluding hydrogens is 1000 g/mol. The number of hydrogen-bond donors (Lipinski definition) is 2. The van der Waals surface area contributed by atoms with E-state index in [0.29, 0.717) is 54.2 Å². The first-order chi connectivity index (χ1) is 37.8. The lowest BCUT2D eigenvalue weighted by molar-refractivity contribution is -0.384. The molecule has 4 heterocycles. The summed E-state index contributed by atoms with van der Waals surface area (Å²) in [6.07, 6.45) is -2.54. The Balaban J connectivity index is 1.20. The Hall–Kier alpha value is -9.38. The van der Waals surface area contributed by atoms with Gasteiger partial charge in [-0.2, -0.15) is 0 Å². The largest absolute Gasteiger partial charge is 0.508 e. The minimum atomic E-state index is -2.27. The molecule has 3 saturated heterocycles. The molecule has 4 aliphatic rings. The van der Waals surface area contributed by atoms with Crippen LogP contribution in [0.5, 0.6) is 5.75 Å². The van der Waals surface area contributed by atoms with E-state index in [1.165, 1.54) is 54.6 Å². The molecule has 1 spiro atoms. The van der Waals surface area contributed by atoms with Crippen molar-refractivity contribution < 1.29 is 62.5 Å². The van der Waals surface area contributed by atoms with Crippen molar-refractivity contribution in [3.63, 3.8) is 0 Å². The SMILES string of the molecule is COC(=O)C(CC#Cc1ccc2c(c1)C1(C(=O)N2C(=O)OCc2ccc([N+](=O)[O-])cc2)C(C(=O)Nc2ccc(N3CCOCC3)cc2)C2C(=O)OC(c3ccccc3)C(c3ccccc3)N2C1c1ccc(O)cc1)C(=O)OC. The Morgan fingerprint density at radius 3 is 2.06 bits per heavy atom. The number of cyclic esters (lactones) is 1. The Morgan fingerprint density at radius 2 is 1.44 bits per heavy atom. The number of nitro benzene ring substituents is 1. The van der Waals surface area contributed by atoms with E-state index in [1.807, 2.05) is 65.6 Å². The molecule has 3 fully saturated rings. The molecular formula is C59H51N5O14.